The second-order valence-electron chi connectivity index (χ2n) is 8.14. The van der Waals surface area contributed by atoms with E-state index in [0.29, 0.717) is 29.8 Å². The predicted molar refractivity (Wildman–Crippen MR) is 81.1 cm³/mol. The number of carbonyl (C=O) groups excluding carboxylic acids is 1. The normalized spacial score (nSPS) is 43.2. The summed E-state index contributed by atoms with van der Waals surface area (Å²) < 4.78 is 0. The van der Waals surface area contributed by atoms with Gasteiger partial charge in [0.25, 0.3) is 0 Å². The molecular weight excluding hydrogens is 248 g/mol. The molecule has 3 nitrogen and oxygen atoms in total. The summed E-state index contributed by atoms with van der Waals surface area (Å²) in [7, 11) is 0. The van der Waals surface area contributed by atoms with E-state index >= 15 is 0 Å². The Morgan fingerprint density at radius 3 is 2.30 bits per heavy atom. The van der Waals surface area contributed by atoms with Gasteiger partial charge in [0.2, 0.25) is 5.91 Å². The Morgan fingerprint density at radius 1 is 1.10 bits per heavy atom. The zero-order valence-corrected chi connectivity index (χ0v) is 13.0. The molecule has 0 aromatic carbocycles. The van der Waals surface area contributed by atoms with Gasteiger partial charge in [-0.2, -0.15) is 0 Å². The van der Waals surface area contributed by atoms with Gasteiger partial charge in [0.05, 0.1) is 0 Å². The molecule has 3 aliphatic rings. The lowest BCUT2D eigenvalue weighted by Crippen LogP contribution is -2.51. The van der Waals surface area contributed by atoms with Gasteiger partial charge >= 0.3 is 0 Å². The fraction of sp³-hybridized carbons (Fsp3) is 0.941. The maximum absolute atomic E-state index is 12.6. The number of hydrogen-bond acceptors (Lipinski definition) is 2. The molecule has 0 spiro atoms. The fourth-order valence-electron chi connectivity index (χ4n) is 4.89. The largest absolute Gasteiger partial charge is 0.353 e. The molecule has 3 rings (SSSR count). The van der Waals surface area contributed by atoms with E-state index in [-0.39, 0.29) is 11.3 Å². The van der Waals surface area contributed by atoms with Crippen LogP contribution in [-0.4, -0.2) is 18.0 Å². The number of fused-ring (bicyclic) bond motifs is 2. The molecule has 2 bridgehead atoms. The molecule has 3 fully saturated rings. The number of carbonyl (C=O) groups is 1. The van der Waals surface area contributed by atoms with Gasteiger partial charge in [0, 0.05) is 18.0 Å². The van der Waals surface area contributed by atoms with Crippen LogP contribution >= 0.6 is 0 Å². The molecule has 114 valence electrons. The summed E-state index contributed by atoms with van der Waals surface area (Å²) in [4.78, 5) is 12.6. The summed E-state index contributed by atoms with van der Waals surface area (Å²) in [5.74, 6) is 1.72. The van der Waals surface area contributed by atoms with E-state index in [0.717, 1.165) is 19.3 Å². The van der Waals surface area contributed by atoms with Crippen LogP contribution in [0.1, 0.15) is 65.2 Å². The summed E-state index contributed by atoms with van der Waals surface area (Å²) in [6.07, 6.45) is 9.46. The van der Waals surface area contributed by atoms with E-state index < -0.39 is 0 Å². The van der Waals surface area contributed by atoms with Crippen LogP contribution in [0.5, 0.6) is 0 Å². The minimum atomic E-state index is 0.224. The Labute approximate surface area is 123 Å². The monoisotopic (exact) mass is 278 g/mol. The van der Waals surface area contributed by atoms with Gasteiger partial charge in [0.15, 0.2) is 0 Å². The SMILES string of the molecule is CC1(C)CCCC1NC(=O)C1CC2CCCC(C1)C2N. The van der Waals surface area contributed by atoms with E-state index in [1.54, 1.807) is 0 Å². The van der Waals surface area contributed by atoms with Gasteiger partial charge in [-0.15, -0.1) is 0 Å². The Bertz CT molecular complexity index is 365. The average Bonchev–Trinajstić information content (AvgIpc) is 2.68. The third-order valence-corrected chi connectivity index (χ3v) is 6.36. The zero-order chi connectivity index (χ0) is 14.3. The average molecular weight is 278 g/mol. The molecule has 0 aliphatic heterocycles. The maximum Gasteiger partial charge on any atom is 0.223 e. The first kappa shape index (κ1) is 14.4. The van der Waals surface area contributed by atoms with Gasteiger partial charge < -0.3 is 11.1 Å². The molecule has 0 saturated heterocycles. The quantitative estimate of drug-likeness (QED) is 0.816. The minimum absolute atomic E-state index is 0.224. The lowest BCUT2D eigenvalue weighted by Gasteiger charge is -2.44. The highest BCUT2D eigenvalue weighted by molar-refractivity contribution is 5.79. The molecule has 3 saturated carbocycles. The van der Waals surface area contributed by atoms with Crippen molar-refractivity contribution in [2.45, 2.75) is 77.3 Å². The molecule has 20 heavy (non-hydrogen) atoms. The number of nitrogens with one attached hydrogen (secondary N) is 1. The van der Waals surface area contributed by atoms with Crippen LogP contribution in [0.25, 0.3) is 0 Å². The molecule has 3 unspecified atom stereocenters. The highest BCUT2D eigenvalue weighted by Crippen LogP contribution is 2.43. The molecule has 3 N–H and O–H groups in total. The van der Waals surface area contributed by atoms with Crippen LogP contribution in [0.2, 0.25) is 0 Å². The van der Waals surface area contributed by atoms with Crippen molar-refractivity contribution in [3.05, 3.63) is 0 Å². The Balaban J connectivity index is 1.61. The van der Waals surface area contributed by atoms with Gasteiger partial charge in [-0.3, -0.25) is 4.79 Å². The standard InChI is InChI=1S/C17H30N2O/c1-17(2)8-4-7-14(17)19-16(20)13-9-11-5-3-6-12(10-13)15(11)18/h11-15H,3-10,18H2,1-2H3,(H,19,20). The maximum atomic E-state index is 12.6. The molecule has 3 atom stereocenters. The Morgan fingerprint density at radius 2 is 1.75 bits per heavy atom. The molecule has 0 aromatic heterocycles. The molecule has 3 heteroatoms. The van der Waals surface area contributed by atoms with Gasteiger partial charge in [-0.05, 0) is 55.8 Å². The molecule has 3 aliphatic carbocycles. The second kappa shape index (κ2) is 5.32. The van der Waals surface area contributed by atoms with Gasteiger partial charge in [0.1, 0.15) is 0 Å². The summed E-state index contributed by atoms with van der Waals surface area (Å²) >= 11 is 0. The molecule has 0 heterocycles. The highest BCUT2D eigenvalue weighted by atomic mass is 16.2. The van der Waals surface area contributed by atoms with E-state index in [1.165, 1.54) is 32.1 Å². The van der Waals surface area contributed by atoms with Crippen molar-refractivity contribution in [1.82, 2.24) is 5.32 Å². The van der Waals surface area contributed by atoms with Gasteiger partial charge in [-0.25, -0.2) is 0 Å². The molecular formula is C17H30N2O. The van der Waals surface area contributed by atoms with Crippen LogP contribution in [0, 0.1) is 23.2 Å². The number of nitrogens with two attached hydrogens (primary N) is 1. The first-order valence-corrected chi connectivity index (χ1v) is 8.53. The van der Waals surface area contributed by atoms with Crippen molar-refractivity contribution in [2.24, 2.45) is 28.9 Å². The van der Waals surface area contributed by atoms with Crippen LogP contribution in [0.3, 0.4) is 0 Å². The predicted octanol–water partition coefficient (Wildman–Crippen LogP) is 2.83. The number of amides is 1. The van der Waals surface area contributed by atoms with E-state index in [4.69, 9.17) is 5.73 Å². The lowest BCUT2D eigenvalue weighted by molar-refractivity contribution is -0.129. The Kier molecular flexibility index (Phi) is 3.83. The highest BCUT2D eigenvalue weighted by Gasteiger charge is 2.42. The van der Waals surface area contributed by atoms with Crippen LogP contribution in [0.4, 0.5) is 0 Å². The van der Waals surface area contributed by atoms with Crippen LogP contribution < -0.4 is 11.1 Å². The van der Waals surface area contributed by atoms with Crippen molar-refractivity contribution in [1.29, 1.82) is 0 Å². The molecule has 1 amide bonds. The summed E-state index contributed by atoms with van der Waals surface area (Å²) in [6.45, 7) is 4.58. The van der Waals surface area contributed by atoms with Crippen molar-refractivity contribution in [2.75, 3.05) is 0 Å². The minimum Gasteiger partial charge on any atom is -0.353 e. The summed E-state index contributed by atoms with van der Waals surface area (Å²) in [5.41, 5.74) is 6.60. The van der Waals surface area contributed by atoms with E-state index in [9.17, 15) is 4.79 Å². The first-order chi connectivity index (χ1) is 9.47. The van der Waals surface area contributed by atoms with Gasteiger partial charge in [-0.1, -0.05) is 26.7 Å². The number of rotatable bonds is 2. The summed E-state index contributed by atoms with van der Waals surface area (Å²) in [5, 5.41) is 3.36. The fourth-order valence-corrected chi connectivity index (χ4v) is 4.89. The summed E-state index contributed by atoms with van der Waals surface area (Å²) in [6, 6.07) is 0.737. The third-order valence-electron chi connectivity index (χ3n) is 6.36. The molecule has 0 radical (unpaired) electrons. The van der Waals surface area contributed by atoms with Crippen molar-refractivity contribution in [3.63, 3.8) is 0 Å². The second-order valence-corrected chi connectivity index (χ2v) is 8.14. The van der Waals surface area contributed by atoms with Crippen LogP contribution in [-0.2, 0) is 4.79 Å². The Hall–Kier alpha value is -0.570. The lowest BCUT2D eigenvalue weighted by atomic mass is 9.65. The van der Waals surface area contributed by atoms with Crippen molar-refractivity contribution in [3.8, 4) is 0 Å². The van der Waals surface area contributed by atoms with Crippen LogP contribution in [0.15, 0.2) is 0 Å². The number of hydrogen-bond donors (Lipinski definition) is 2. The smallest absolute Gasteiger partial charge is 0.223 e. The van der Waals surface area contributed by atoms with Crippen molar-refractivity contribution < 1.29 is 4.79 Å². The van der Waals surface area contributed by atoms with Crippen molar-refractivity contribution >= 4 is 5.91 Å². The first-order valence-electron chi connectivity index (χ1n) is 8.53. The van der Waals surface area contributed by atoms with E-state index in [2.05, 4.69) is 19.2 Å². The molecule has 0 aromatic rings. The third kappa shape index (κ3) is 2.61. The zero-order valence-electron chi connectivity index (χ0n) is 13.0. The van der Waals surface area contributed by atoms with E-state index in [1.807, 2.05) is 0 Å². The topological polar surface area (TPSA) is 55.1 Å².